The van der Waals surface area contributed by atoms with Crippen LogP contribution in [0.1, 0.15) is 40.0 Å². The lowest BCUT2D eigenvalue weighted by molar-refractivity contribution is -0.192. The maximum atomic E-state index is 13.1. The van der Waals surface area contributed by atoms with Crippen LogP contribution in [0.5, 0.6) is 5.88 Å². The van der Waals surface area contributed by atoms with E-state index in [9.17, 15) is 27.2 Å². The summed E-state index contributed by atoms with van der Waals surface area (Å²) in [7, 11) is 0. The van der Waals surface area contributed by atoms with Crippen LogP contribution in [0.4, 0.5) is 22.4 Å². The zero-order valence-corrected chi connectivity index (χ0v) is 22.0. The average molecular weight is 569 g/mol. The number of nitrogens with two attached hydrogens (primary N) is 1. The second-order valence-corrected chi connectivity index (χ2v) is 10.4. The number of carbonyl (C=O) groups excluding carboxylic acids is 2. The van der Waals surface area contributed by atoms with Gasteiger partial charge in [0.2, 0.25) is 11.8 Å². The second kappa shape index (κ2) is 15.4. The summed E-state index contributed by atoms with van der Waals surface area (Å²) in [6.07, 6.45) is -1.25. The van der Waals surface area contributed by atoms with E-state index in [1.807, 2.05) is 6.07 Å². The number of carbonyl (C=O) groups is 3. The molecular formula is C23H32F4N4O6S. The SMILES string of the molecule is CC(C)(C)OC(=O)NC/C(=C\F)COc1ccc(SN2CCC(CC(N)=O)CC2)cn1.O=C(O)C(F)(F)F. The summed E-state index contributed by atoms with van der Waals surface area (Å²) in [5.41, 5.74) is 4.91. The number of aromatic nitrogens is 1. The van der Waals surface area contributed by atoms with Gasteiger partial charge in [0, 0.05) is 48.8 Å². The number of halogens is 4. The molecule has 2 heterocycles. The number of nitrogens with one attached hydrogen (secondary N) is 1. The van der Waals surface area contributed by atoms with Crippen LogP contribution < -0.4 is 15.8 Å². The van der Waals surface area contributed by atoms with Gasteiger partial charge in [0.05, 0.1) is 6.33 Å². The fraction of sp³-hybridized carbons (Fsp3) is 0.565. The van der Waals surface area contributed by atoms with E-state index in [-0.39, 0.29) is 24.6 Å². The lowest BCUT2D eigenvalue weighted by Gasteiger charge is -2.30. The number of amides is 2. The molecule has 214 valence electrons. The maximum Gasteiger partial charge on any atom is 0.490 e. The summed E-state index contributed by atoms with van der Waals surface area (Å²) in [6, 6.07) is 3.61. The number of nitrogens with zero attached hydrogens (tertiary/aromatic N) is 2. The molecule has 1 aromatic heterocycles. The highest BCUT2D eigenvalue weighted by Crippen LogP contribution is 2.29. The van der Waals surface area contributed by atoms with E-state index in [1.54, 1.807) is 45.0 Å². The number of alkyl carbamates (subject to hydrolysis) is 1. The van der Waals surface area contributed by atoms with Gasteiger partial charge >= 0.3 is 18.2 Å². The summed E-state index contributed by atoms with van der Waals surface area (Å²) in [5, 5.41) is 9.62. The molecule has 2 rings (SSSR count). The maximum absolute atomic E-state index is 13.1. The zero-order valence-electron chi connectivity index (χ0n) is 21.2. The van der Waals surface area contributed by atoms with Crippen LogP contribution >= 0.6 is 11.9 Å². The highest BCUT2D eigenvalue weighted by molar-refractivity contribution is 7.97. The highest BCUT2D eigenvalue weighted by atomic mass is 32.2. The van der Waals surface area contributed by atoms with E-state index in [0.717, 1.165) is 30.8 Å². The van der Waals surface area contributed by atoms with Crippen LogP contribution in [-0.2, 0) is 14.3 Å². The topological polar surface area (TPSA) is 144 Å². The number of hydrogen-bond acceptors (Lipinski definition) is 8. The van der Waals surface area contributed by atoms with Gasteiger partial charge < -0.3 is 25.6 Å². The van der Waals surface area contributed by atoms with E-state index >= 15 is 0 Å². The Labute approximate surface area is 222 Å². The number of ether oxygens (including phenoxy) is 2. The number of piperidine rings is 1. The zero-order chi connectivity index (χ0) is 28.9. The predicted octanol–water partition coefficient (Wildman–Crippen LogP) is 4.07. The van der Waals surface area contributed by atoms with Crippen molar-refractivity contribution in [3.63, 3.8) is 0 Å². The molecule has 10 nitrogen and oxygen atoms in total. The lowest BCUT2D eigenvalue weighted by atomic mass is 9.94. The van der Waals surface area contributed by atoms with Gasteiger partial charge in [0.25, 0.3) is 0 Å². The third kappa shape index (κ3) is 14.6. The minimum Gasteiger partial charge on any atom is -0.475 e. The number of carboxylic acids is 1. The van der Waals surface area contributed by atoms with Crippen LogP contribution in [0, 0.1) is 5.92 Å². The van der Waals surface area contributed by atoms with Crippen molar-refractivity contribution >= 4 is 29.9 Å². The average Bonchev–Trinajstić information content (AvgIpc) is 2.80. The smallest absolute Gasteiger partial charge is 0.475 e. The number of alkyl halides is 3. The third-order valence-electron chi connectivity index (χ3n) is 4.67. The first-order valence-electron chi connectivity index (χ1n) is 11.4. The van der Waals surface area contributed by atoms with E-state index < -0.39 is 23.8 Å². The Balaban J connectivity index is 0.000000905. The summed E-state index contributed by atoms with van der Waals surface area (Å²) in [4.78, 5) is 36.8. The largest absolute Gasteiger partial charge is 0.490 e. The van der Waals surface area contributed by atoms with Crippen molar-refractivity contribution in [2.45, 2.75) is 56.7 Å². The van der Waals surface area contributed by atoms with Crippen molar-refractivity contribution in [3.05, 3.63) is 30.2 Å². The molecule has 2 amide bonds. The van der Waals surface area contributed by atoms with Gasteiger partial charge in [-0.05, 0) is 57.5 Å². The van der Waals surface area contributed by atoms with Crippen LogP contribution in [-0.4, -0.2) is 70.4 Å². The Morgan fingerprint density at radius 2 is 1.84 bits per heavy atom. The van der Waals surface area contributed by atoms with E-state index in [1.165, 1.54) is 0 Å². The van der Waals surface area contributed by atoms with Gasteiger partial charge in [-0.1, -0.05) is 0 Å². The molecule has 0 aromatic carbocycles. The van der Waals surface area contributed by atoms with Gasteiger partial charge in [-0.2, -0.15) is 13.2 Å². The van der Waals surface area contributed by atoms with E-state index in [0.29, 0.717) is 24.5 Å². The van der Waals surface area contributed by atoms with Gasteiger partial charge in [-0.3, -0.25) is 4.79 Å². The fourth-order valence-corrected chi connectivity index (χ4v) is 3.85. The van der Waals surface area contributed by atoms with Crippen LogP contribution in [0.25, 0.3) is 0 Å². The number of primary amides is 1. The van der Waals surface area contributed by atoms with Crippen molar-refractivity contribution in [2.24, 2.45) is 11.7 Å². The summed E-state index contributed by atoms with van der Waals surface area (Å²) in [6.45, 7) is 6.96. The summed E-state index contributed by atoms with van der Waals surface area (Å²) >= 11 is 1.61. The molecule has 4 N–H and O–H groups in total. The molecule has 1 aliphatic heterocycles. The second-order valence-electron chi connectivity index (χ2n) is 9.18. The van der Waals surface area contributed by atoms with Crippen molar-refractivity contribution in [1.82, 2.24) is 14.6 Å². The molecule has 0 bridgehead atoms. The predicted molar refractivity (Wildman–Crippen MR) is 131 cm³/mol. The van der Waals surface area contributed by atoms with Gasteiger partial charge in [0.15, 0.2) is 0 Å². The minimum absolute atomic E-state index is 0.0228. The Morgan fingerprint density at radius 1 is 1.24 bits per heavy atom. The Hall–Kier alpha value is -3.07. The Kier molecular flexibility index (Phi) is 13.3. The number of aliphatic carboxylic acids is 1. The number of rotatable bonds is 9. The van der Waals surface area contributed by atoms with Gasteiger partial charge in [-0.15, -0.1) is 0 Å². The number of carboxylic acid groups (broad SMARTS) is 1. The van der Waals surface area contributed by atoms with Crippen molar-refractivity contribution < 1.29 is 46.5 Å². The molecule has 0 saturated carbocycles. The minimum atomic E-state index is -5.08. The molecule has 0 atom stereocenters. The first kappa shape index (κ1) is 33.0. The molecule has 0 radical (unpaired) electrons. The van der Waals surface area contributed by atoms with Crippen LogP contribution in [0.15, 0.2) is 35.1 Å². The first-order valence-corrected chi connectivity index (χ1v) is 12.2. The molecule has 15 heteroatoms. The molecule has 1 aromatic rings. The van der Waals surface area contributed by atoms with Crippen molar-refractivity contribution in [1.29, 1.82) is 0 Å². The Bertz CT molecular complexity index is 947. The van der Waals surface area contributed by atoms with Gasteiger partial charge in [0.1, 0.15) is 12.2 Å². The monoisotopic (exact) mass is 568 g/mol. The molecular weight excluding hydrogens is 536 g/mol. The normalized spacial score (nSPS) is 15.2. The summed E-state index contributed by atoms with van der Waals surface area (Å²) < 4.78 is 57.7. The lowest BCUT2D eigenvalue weighted by Crippen LogP contribution is -2.34. The molecule has 1 saturated heterocycles. The van der Waals surface area contributed by atoms with E-state index in [2.05, 4.69) is 14.6 Å². The molecule has 38 heavy (non-hydrogen) atoms. The van der Waals surface area contributed by atoms with Crippen LogP contribution in [0.2, 0.25) is 0 Å². The van der Waals surface area contributed by atoms with Crippen molar-refractivity contribution in [2.75, 3.05) is 26.2 Å². The standard InChI is InChI=1S/C21H31FN4O4S.C2HF3O2/c1-21(2,3)30-20(28)25-12-16(11-22)14-29-19-5-4-17(13-24-19)31-26-8-6-15(7-9-26)10-18(23)27;3-2(4,5)1(6)7/h4-5,11,13,15H,6-10,12,14H2,1-3H3,(H2,23,27)(H,25,28);(H,6,7)/b16-11+;. The molecule has 0 spiro atoms. The molecule has 1 fully saturated rings. The fourth-order valence-electron chi connectivity index (χ4n) is 2.93. The first-order chi connectivity index (χ1) is 17.6. The molecule has 0 unspecified atom stereocenters. The van der Waals surface area contributed by atoms with Crippen LogP contribution in [0.3, 0.4) is 0 Å². The quantitative estimate of drug-likeness (QED) is 0.297. The number of pyridine rings is 1. The molecule has 0 aliphatic carbocycles. The van der Waals surface area contributed by atoms with Gasteiger partial charge in [-0.25, -0.2) is 23.3 Å². The third-order valence-corrected chi connectivity index (χ3v) is 5.74. The highest BCUT2D eigenvalue weighted by Gasteiger charge is 2.38. The van der Waals surface area contributed by atoms with Crippen molar-refractivity contribution in [3.8, 4) is 5.88 Å². The van der Waals surface area contributed by atoms with E-state index in [4.69, 9.17) is 25.1 Å². The summed E-state index contributed by atoms with van der Waals surface area (Å²) in [5.74, 6) is -2.27. The Morgan fingerprint density at radius 3 is 2.29 bits per heavy atom. The number of hydrogen-bond donors (Lipinski definition) is 3. The molecule has 1 aliphatic rings.